The third-order valence-corrected chi connectivity index (χ3v) is 10.1. The van der Waals surface area contributed by atoms with Crippen molar-refractivity contribution in [3.8, 4) is 0 Å². The van der Waals surface area contributed by atoms with Crippen molar-refractivity contribution >= 4 is 5.91 Å². The third-order valence-electron chi connectivity index (χ3n) is 10.1. The minimum absolute atomic E-state index is 0.0639. The van der Waals surface area contributed by atoms with Crippen molar-refractivity contribution in [3.05, 3.63) is 0 Å². The standard InChI is InChI=1S/C42H85NO3/c1-3-5-7-8-9-10-11-12-13-14-15-16-17-18-19-20-21-22-23-24-25-26-27-28-29-30-31-32-33-34-35-36-37-41(45)40(39-44)43-42(46)38-6-4-2/h40-41,44-45H,3-39H2,1-2H3,(H,43,46). The number of hydrogen-bond donors (Lipinski definition) is 3. The summed E-state index contributed by atoms with van der Waals surface area (Å²) < 4.78 is 0. The molecular weight excluding hydrogens is 566 g/mol. The molecule has 0 aromatic rings. The Hall–Kier alpha value is -0.610. The first-order valence-corrected chi connectivity index (χ1v) is 21.2. The monoisotopic (exact) mass is 652 g/mol. The first-order chi connectivity index (χ1) is 22.7. The van der Waals surface area contributed by atoms with Gasteiger partial charge in [-0.15, -0.1) is 0 Å². The molecule has 4 heteroatoms. The highest BCUT2D eigenvalue weighted by molar-refractivity contribution is 5.76. The van der Waals surface area contributed by atoms with E-state index in [9.17, 15) is 15.0 Å². The average molecular weight is 652 g/mol. The van der Waals surface area contributed by atoms with Crippen LogP contribution in [0, 0.1) is 0 Å². The predicted octanol–water partition coefficient (Wildman–Crippen LogP) is 12.9. The molecule has 1 amide bonds. The zero-order valence-corrected chi connectivity index (χ0v) is 31.6. The molecule has 0 rings (SSSR count). The van der Waals surface area contributed by atoms with Crippen molar-refractivity contribution in [3.63, 3.8) is 0 Å². The number of hydrogen-bond acceptors (Lipinski definition) is 3. The van der Waals surface area contributed by atoms with Crippen molar-refractivity contribution in [2.45, 2.75) is 257 Å². The normalized spacial score (nSPS) is 12.9. The molecule has 0 spiro atoms. The van der Waals surface area contributed by atoms with Crippen LogP contribution in [0.4, 0.5) is 0 Å². The Bertz CT molecular complexity index is 583. The van der Waals surface area contributed by atoms with Crippen LogP contribution in [0.15, 0.2) is 0 Å². The van der Waals surface area contributed by atoms with Crippen LogP contribution >= 0.6 is 0 Å². The van der Waals surface area contributed by atoms with Gasteiger partial charge in [0.15, 0.2) is 0 Å². The van der Waals surface area contributed by atoms with E-state index in [1.807, 2.05) is 0 Å². The van der Waals surface area contributed by atoms with Crippen LogP contribution in [0.3, 0.4) is 0 Å². The maximum Gasteiger partial charge on any atom is 0.220 e. The average Bonchev–Trinajstić information content (AvgIpc) is 3.06. The van der Waals surface area contributed by atoms with E-state index in [1.165, 1.54) is 193 Å². The summed E-state index contributed by atoms with van der Waals surface area (Å²) in [7, 11) is 0. The molecule has 0 radical (unpaired) electrons. The number of carbonyl (C=O) groups is 1. The number of aliphatic hydroxyl groups excluding tert-OH is 2. The Kier molecular flexibility index (Phi) is 38.3. The van der Waals surface area contributed by atoms with Gasteiger partial charge in [-0.2, -0.15) is 0 Å². The van der Waals surface area contributed by atoms with Gasteiger partial charge in [-0.25, -0.2) is 0 Å². The van der Waals surface area contributed by atoms with Crippen LogP contribution in [0.1, 0.15) is 245 Å². The van der Waals surface area contributed by atoms with E-state index in [-0.39, 0.29) is 12.5 Å². The fourth-order valence-corrected chi connectivity index (χ4v) is 6.81. The van der Waals surface area contributed by atoms with Crippen LogP contribution in [0.25, 0.3) is 0 Å². The fraction of sp³-hybridized carbons (Fsp3) is 0.976. The van der Waals surface area contributed by atoms with Crippen LogP contribution in [0.2, 0.25) is 0 Å². The highest BCUT2D eigenvalue weighted by Crippen LogP contribution is 2.17. The highest BCUT2D eigenvalue weighted by Gasteiger charge is 2.19. The Morgan fingerprint density at radius 3 is 0.957 bits per heavy atom. The van der Waals surface area contributed by atoms with Gasteiger partial charge in [-0.05, 0) is 12.8 Å². The zero-order valence-electron chi connectivity index (χ0n) is 31.6. The Morgan fingerprint density at radius 1 is 0.435 bits per heavy atom. The summed E-state index contributed by atoms with van der Waals surface area (Å²) in [5.41, 5.74) is 0. The van der Waals surface area contributed by atoms with Crippen molar-refractivity contribution in [2.75, 3.05) is 6.61 Å². The van der Waals surface area contributed by atoms with Gasteiger partial charge >= 0.3 is 0 Å². The van der Waals surface area contributed by atoms with Crippen LogP contribution in [0.5, 0.6) is 0 Å². The van der Waals surface area contributed by atoms with Crippen molar-refractivity contribution in [1.29, 1.82) is 0 Å². The van der Waals surface area contributed by atoms with E-state index in [1.54, 1.807) is 0 Å². The maximum atomic E-state index is 11.9. The minimum atomic E-state index is -0.649. The molecule has 46 heavy (non-hydrogen) atoms. The van der Waals surface area contributed by atoms with Gasteiger partial charge in [-0.3, -0.25) is 4.79 Å². The quantitative estimate of drug-likeness (QED) is 0.0579. The van der Waals surface area contributed by atoms with Gasteiger partial charge in [0.25, 0.3) is 0 Å². The van der Waals surface area contributed by atoms with E-state index in [4.69, 9.17) is 0 Å². The Labute approximate surface area is 289 Å². The van der Waals surface area contributed by atoms with Crippen molar-refractivity contribution < 1.29 is 15.0 Å². The number of amides is 1. The zero-order chi connectivity index (χ0) is 33.6. The van der Waals surface area contributed by atoms with Gasteiger partial charge in [0, 0.05) is 6.42 Å². The minimum Gasteiger partial charge on any atom is -0.394 e. The van der Waals surface area contributed by atoms with Gasteiger partial charge in [0.2, 0.25) is 5.91 Å². The Balaban J connectivity index is 3.22. The summed E-state index contributed by atoms with van der Waals surface area (Å²) in [6, 6.07) is -0.525. The lowest BCUT2D eigenvalue weighted by molar-refractivity contribution is -0.123. The lowest BCUT2D eigenvalue weighted by atomic mass is 10.0. The van der Waals surface area contributed by atoms with Gasteiger partial charge in [0.1, 0.15) is 0 Å². The first kappa shape index (κ1) is 45.4. The molecule has 0 aliphatic rings. The van der Waals surface area contributed by atoms with E-state index in [0.29, 0.717) is 12.8 Å². The molecule has 0 aliphatic heterocycles. The first-order valence-electron chi connectivity index (χ1n) is 21.2. The molecule has 3 N–H and O–H groups in total. The molecule has 276 valence electrons. The summed E-state index contributed by atoms with van der Waals surface area (Å²) in [5, 5.41) is 22.6. The van der Waals surface area contributed by atoms with Crippen molar-refractivity contribution in [1.82, 2.24) is 5.32 Å². The summed E-state index contributed by atoms with van der Waals surface area (Å²) in [6.07, 6.45) is 47.3. The van der Waals surface area contributed by atoms with E-state index in [0.717, 1.165) is 25.7 Å². The van der Waals surface area contributed by atoms with Crippen LogP contribution in [-0.2, 0) is 4.79 Å². The molecule has 0 aliphatic carbocycles. The second-order valence-corrected chi connectivity index (χ2v) is 14.8. The summed E-state index contributed by atoms with van der Waals surface area (Å²) in [4.78, 5) is 11.9. The number of aliphatic hydroxyl groups is 2. The maximum absolute atomic E-state index is 11.9. The van der Waals surface area contributed by atoms with Gasteiger partial charge in [-0.1, -0.05) is 226 Å². The molecule has 0 aromatic heterocycles. The second-order valence-electron chi connectivity index (χ2n) is 14.8. The summed E-state index contributed by atoms with van der Waals surface area (Å²) in [6.45, 7) is 4.16. The molecule has 2 atom stereocenters. The fourth-order valence-electron chi connectivity index (χ4n) is 6.81. The predicted molar refractivity (Wildman–Crippen MR) is 203 cm³/mol. The SMILES string of the molecule is CCCCCCCCCCCCCCCCCCCCCCCCCCCCCCCCCCC(O)C(CO)NC(=O)CCCC. The van der Waals surface area contributed by atoms with Gasteiger partial charge in [0.05, 0.1) is 18.8 Å². The smallest absolute Gasteiger partial charge is 0.220 e. The van der Waals surface area contributed by atoms with Crippen LogP contribution in [-0.4, -0.2) is 34.9 Å². The number of unbranched alkanes of at least 4 members (excludes halogenated alkanes) is 32. The number of rotatable bonds is 39. The summed E-state index contributed by atoms with van der Waals surface area (Å²) in [5.74, 6) is -0.0639. The molecule has 0 heterocycles. The number of nitrogens with one attached hydrogen (secondary N) is 1. The Morgan fingerprint density at radius 2 is 0.696 bits per heavy atom. The topological polar surface area (TPSA) is 69.6 Å². The lowest BCUT2D eigenvalue weighted by Crippen LogP contribution is -2.45. The molecule has 0 aromatic carbocycles. The second kappa shape index (κ2) is 38.8. The number of carbonyl (C=O) groups excluding carboxylic acids is 1. The highest BCUT2D eigenvalue weighted by atomic mass is 16.3. The summed E-state index contributed by atoms with van der Waals surface area (Å²) >= 11 is 0. The molecule has 0 bridgehead atoms. The molecule has 0 fully saturated rings. The van der Waals surface area contributed by atoms with Gasteiger partial charge < -0.3 is 15.5 Å². The molecular formula is C42H85NO3. The molecule has 0 saturated heterocycles. The van der Waals surface area contributed by atoms with E-state index < -0.39 is 12.1 Å². The molecule has 0 saturated carbocycles. The van der Waals surface area contributed by atoms with Crippen LogP contribution < -0.4 is 5.32 Å². The lowest BCUT2D eigenvalue weighted by Gasteiger charge is -2.22. The van der Waals surface area contributed by atoms with E-state index >= 15 is 0 Å². The van der Waals surface area contributed by atoms with Crippen molar-refractivity contribution in [2.24, 2.45) is 0 Å². The third kappa shape index (κ3) is 34.7. The van der Waals surface area contributed by atoms with E-state index in [2.05, 4.69) is 19.2 Å². The largest absolute Gasteiger partial charge is 0.394 e. The molecule has 4 nitrogen and oxygen atoms in total. The molecule has 2 unspecified atom stereocenters.